The third-order valence-electron chi connectivity index (χ3n) is 2.24. The predicted octanol–water partition coefficient (Wildman–Crippen LogP) is 1.60. The van der Waals surface area contributed by atoms with Crippen molar-refractivity contribution < 1.29 is 5.11 Å². The van der Waals surface area contributed by atoms with E-state index in [1.165, 1.54) is 0 Å². The number of nitrogens with two attached hydrogens (primary N) is 1. The Labute approximate surface area is 88.0 Å². The molecule has 0 radical (unpaired) electrons. The number of phenolic OH excluding ortho intramolecular Hbond substituents is 1. The summed E-state index contributed by atoms with van der Waals surface area (Å²) in [4.78, 5) is 0. The van der Waals surface area contributed by atoms with Crippen LogP contribution in [-0.2, 0) is 0 Å². The van der Waals surface area contributed by atoms with Crippen LogP contribution in [0.1, 0.15) is 18.5 Å². The van der Waals surface area contributed by atoms with Crippen LogP contribution in [0, 0.1) is 0 Å². The van der Waals surface area contributed by atoms with Crippen molar-refractivity contribution in [2.45, 2.75) is 13.0 Å². The largest absolute Gasteiger partial charge is 0.508 e. The van der Waals surface area contributed by atoms with Crippen molar-refractivity contribution in [3.05, 3.63) is 42.2 Å². The normalized spacial score (nSPS) is 12.7. The first kappa shape index (κ1) is 9.73. The van der Waals surface area contributed by atoms with Crippen molar-refractivity contribution in [1.82, 2.24) is 9.78 Å². The molecule has 0 spiro atoms. The van der Waals surface area contributed by atoms with Crippen LogP contribution in [0.5, 0.6) is 5.75 Å². The fraction of sp³-hybridized carbons (Fsp3) is 0.182. The smallest absolute Gasteiger partial charge is 0.115 e. The molecule has 2 aromatic rings. The molecule has 1 unspecified atom stereocenters. The lowest BCUT2D eigenvalue weighted by molar-refractivity contribution is 0.475. The molecule has 15 heavy (non-hydrogen) atoms. The van der Waals surface area contributed by atoms with E-state index in [0.29, 0.717) is 0 Å². The van der Waals surface area contributed by atoms with E-state index in [2.05, 4.69) is 5.10 Å². The number of benzene rings is 1. The van der Waals surface area contributed by atoms with Crippen LogP contribution in [0.4, 0.5) is 0 Å². The molecule has 0 saturated heterocycles. The van der Waals surface area contributed by atoms with E-state index in [1.54, 1.807) is 35.1 Å². The molecule has 2 rings (SSSR count). The van der Waals surface area contributed by atoms with Gasteiger partial charge < -0.3 is 10.8 Å². The average molecular weight is 203 g/mol. The Bertz CT molecular complexity index is 445. The van der Waals surface area contributed by atoms with Gasteiger partial charge >= 0.3 is 0 Å². The quantitative estimate of drug-likeness (QED) is 0.779. The van der Waals surface area contributed by atoms with Gasteiger partial charge in [0.2, 0.25) is 0 Å². The molecule has 3 N–H and O–H groups in total. The van der Waals surface area contributed by atoms with Crippen molar-refractivity contribution in [2.75, 3.05) is 0 Å². The number of nitrogens with zero attached hydrogens (tertiary/aromatic N) is 2. The van der Waals surface area contributed by atoms with Gasteiger partial charge in [-0.25, -0.2) is 4.68 Å². The summed E-state index contributed by atoms with van der Waals surface area (Å²) < 4.78 is 1.73. The van der Waals surface area contributed by atoms with Gasteiger partial charge in [0.1, 0.15) is 5.75 Å². The van der Waals surface area contributed by atoms with Crippen LogP contribution in [0.3, 0.4) is 0 Å². The minimum absolute atomic E-state index is 0.0177. The lowest BCUT2D eigenvalue weighted by atomic mass is 10.2. The molecule has 78 valence electrons. The molecular weight excluding hydrogens is 190 g/mol. The van der Waals surface area contributed by atoms with Crippen molar-refractivity contribution in [1.29, 1.82) is 0 Å². The third-order valence-corrected chi connectivity index (χ3v) is 2.24. The molecule has 4 nitrogen and oxygen atoms in total. The summed E-state index contributed by atoms with van der Waals surface area (Å²) in [6.45, 7) is 1.91. The van der Waals surface area contributed by atoms with Gasteiger partial charge in [-0.05, 0) is 31.2 Å². The topological polar surface area (TPSA) is 64.1 Å². The molecule has 4 heteroatoms. The SMILES string of the molecule is CC(N)c1cnn(-c2ccc(O)cc2)c1. The number of hydrogen-bond acceptors (Lipinski definition) is 3. The zero-order chi connectivity index (χ0) is 10.8. The minimum Gasteiger partial charge on any atom is -0.508 e. The van der Waals surface area contributed by atoms with Gasteiger partial charge in [-0.3, -0.25) is 0 Å². The summed E-state index contributed by atoms with van der Waals surface area (Å²) >= 11 is 0. The van der Waals surface area contributed by atoms with Gasteiger partial charge in [-0.2, -0.15) is 5.10 Å². The number of hydrogen-bond donors (Lipinski definition) is 2. The Morgan fingerprint density at radius 2 is 2.00 bits per heavy atom. The van der Waals surface area contributed by atoms with Crippen molar-refractivity contribution in [3.8, 4) is 11.4 Å². The first-order chi connectivity index (χ1) is 7.16. The fourth-order valence-electron chi connectivity index (χ4n) is 1.32. The standard InChI is InChI=1S/C11H13N3O/c1-8(12)9-6-13-14(7-9)10-2-4-11(15)5-3-10/h2-8,15H,12H2,1H3. The van der Waals surface area contributed by atoms with E-state index >= 15 is 0 Å². The molecule has 1 heterocycles. The third kappa shape index (κ3) is 1.99. The Morgan fingerprint density at radius 3 is 2.53 bits per heavy atom. The fourth-order valence-corrected chi connectivity index (χ4v) is 1.32. The summed E-state index contributed by atoms with van der Waals surface area (Å²) in [5.41, 5.74) is 7.63. The van der Waals surface area contributed by atoms with E-state index in [-0.39, 0.29) is 11.8 Å². The maximum absolute atomic E-state index is 9.15. The lowest BCUT2D eigenvalue weighted by Gasteiger charge is -2.01. The first-order valence-electron chi connectivity index (χ1n) is 4.76. The summed E-state index contributed by atoms with van der Waals surface area (Å²) in [7, 11) is 0. The van der Waals surface area contributed by atoms with Gasteiger partial charge in [0, 0.05) is 17.8 Å². The highest BCUT2D eigenvalue weighted by atomic mass is 16.3. The predicted molar refractivity (Wildman–Crippen MR) is 57.8 cm³/mol. The Hall–Kier alpha value is -1.81. The Morgan fingerprint density at radius 1 is 1.33 bits per heavy atom. The van der Waals surface area contributed by atoms with Crippen molar-refractivity contribution in [3.63, 3.8) is 0 Å². The van der Waals surface area contributed by atoms with Crippen LogP contribution in [0.2, 0.25) is 0 Å². The monoisotopic (exact) mass is 203 g/mol. The number of rotatable bonds is 2. The van der Waals surface area contributed by atoms with E-state index < -0.39 is 0 Å². The Balaban J connectivity index is 2.33. The highest BCUT2D eigenvalue weighted by molar-refractivity contribution is 5.36. The van der Waals surface area contributed by atoms with E-state index in [0.717, 1.165) is 11.3 Å². The van der Waals surface area contributed by atoms with Crippen LogP contribution in [0.25, 0.3) is 5.69 Å². The molecule has 1 atom stereocenters. The maximum atomic E-state index is 9.15. The van der Waals surface area contributed by atoms with E-state index in [1.807, 2.05) is 13.1 Å². The summed E-state index contributed by atoms with van der Waals surface area (Å²) in [5, 5.41) is 13.3. The highest BCUT2D eigenvalue weighted by Crippen LogP contribution is 2.15. The summed E-state index contributed by atoms with van der Waals surface area (Å²) in [6, 6.07) is 6.84. The second-order valence-electron chi connectivity index (χ2n) is 3.52. The number of aromatic nitrogens is 2. The van der Waals surface area contributed by atoms with Crippen LogP contribution in [0.15, 0.2) is 36.7 Å². The molecule has 0 saturated carbocycles. The van der Waals surface area contributed by atoms with Gasteiger partial charge in [0.15, 0.2) is 0 Å². The van der Waals surface area contributed by atoms with Gasteiger partial charge in [0.05, 0.1) is 11.9 Å². The Kier molecular flexibility index (Phi) is 2.43. The first-order valence-corrected chi connectivity index (χ1v) is 4.76. The second kappa shape index (κ2) is 3.74. The molecule has 1 aromatic carbocycles. The summed E-state index contributed by atoms with van der Waals surface area (Å²) in [6.07, 6.45) is 3.63. The molecule has 0 aliphatic rings. The van der Waals surface area contributed by atoms with Crippen LogP contribution >= 0.6 is 0 Å². The average Bonchev–Trinajstić information content (AvgIpc) is 2.68. The summed E-state index contributed by atoms with van der Waals surface area (Å²) in [5.74, 6) is 0.248. The molecular formula is C11H13N3O. The van der Waals surface area contributed by atoms with Crippen LogP contribution < -0.4 is 5.73 Å². The number of aromatic hydroxyl groups is 1. The van der Waals surface area contributed by atoms with Crippen molar-refractivity contribution in [2.24, 2.45) is 5.73 Å². The number of phenols is 1. The van der Waals surface area contributed by atoms with Crippen molar-refractivity contribution >= 4 is 0 Å². The van der Waals surface area contributed by atoms with Gasteiger partial charge in [-0.1, -0.05) is 0 Å². The van der Waals surface area contributed by atoms with E-state index in [4.69, 9.17) is 10.8 Å². The van der Waals surface area contributed by atoms with E-state index in [9.17, 15) is 0 Å². The molecule has 0 fully saturated rings. The second-order valence-corrected chi connectivity index (χ2v) is 3.52. The minimum atomic E-state index is -0.0177. The van der Waals surface area contributed by atoms with Gasteiger partial charge in [0.25, 0.3) is 0 Å². The maximum Gasteiger partial charge on any atom is 0.115 e. The molecule has 0 aliphatic heterocycles. The van der Waals surface area contributed by atoms with Crippen LogP contribution in [-0.4, -0.2) is 14.9 Å². The lowest BCUT2D eigenvalue weighted by Crippen LogP contribution is -2.03. The van der Waals surface area contributed by atoms with Gasteiger partial charge in [-0.15, -0.1) is 0 Å². The molecule has 0 amide bonds. The molecule has 0 bridgehead atoms. The highest BCUT2D eigenvalue weighted by Gasteiger charge is 2.04. The zero-order valence-electron chi connectivity index (χ0n) is 8.46. The molecule has 0 aliphatic carbocycles. The zero-order valence-corrected chi connectivity index (χ0v) is 8.46. The molecule has 1 aromatic heterocycles.